The van der Waals surface area contributed by atoms with Crippen LogP contribution in [-0.2, 0) is 22.4 Å². The number of carbonyl (C=O) groups is 2. The molecule has 9 nitrogen and oxygen atoms in total. The molecule has 0 spiro atoms. The minimum atomic E-state index is -0.751. The van der Waals surface area contributed by atoms with Gasteiger partial charge in [-0.25, -0.2) is 4.99 Å². The first-order valence-electron chi connectivity index (χ1n) is 11.7. The molecule has 1 fully saturated rings. The molecule has 9 heteroatoms. The summed E-state index contributed by atoms with van der Waals surface area (Å²) in [6.45, 7) is 1.87. The quantitative estimate of drug-likeness (QED) is 0.369. The second-order valence-electron chi connectivity index (χ2n) is 8.72. The first-order valence-corrected chi connectivity index (χ1v) is 11.7. The zero-order valence-electron chi connectivity index (χ0n) is 20.6. The summed E-state index contributed by atoms with van der Waals surface area (Å²) in [5.41, 5.74) is 7.75. The molecule has 0 aromatic heterocycles. The van der Waals surface area contributed by atoms with E-state index in [1.165, 1.54) is 7.11 Å². The summed E-state index contributed by atoms with van der Waals surface area (Å²) < 4.78 is 10.5. The van der Waals surface area contributed by atoms with Crippen LogP contribution >= 0.6 is 0 Å². The summed E-state index contributed by atoms with van der Waals surface area (Å²) in [5, 5.41) is 5.72. The fraction of sp³-hybridized carbons (Fsp3) is 0.423. The van der Waals surface area contributed by atoms with Crippen molar-refractivity contribution in [1.82, 2.24) is 15.5 Å². The Morgan fingerprint density at radius 3 is 2.40 bits per heavy atom. The Kier molecular flexibility index (Phi) is 9.48. The molecule has 188 valence electrons. The zero-order chi connectivity index (χ0) is 25.2. The maximum atomic E-state index is 13.1. The highest BCUT2D eigenvalue weighted by Crippen LogP contribution is 2.27. The number of rotatable bonds is 9. The maximum absolute atomic E-state index is 13.1. The van der Waals surface area contributed by atoms with Crippen molar-refractivity contribution < 1.29 is 19.1 Å². The first-order chi connectivity index (χ1) is 16.9. The van der Waals surface area contributed by atoms with Crippen LogP contribution < -0.4 is 25.8 Å². The van der Waals surface area contributed by atoms with Crippen LogP contribution in [0.15, 0.2) is 53.5 Å². The molecule has 0 bridgehead atoms. The molecule has 0 radical (unpaired) electrons. The fourth-order valence-electron chi connectivity index (χ4n) is 4.05. The largest absolute Gasteiger partial charge is 0.493 e. The summed E-state index contributed by atoms with van der Waals surface area (Å²) in [6, 6.07) is 14.2. The zero-order valence-corrected chi connectivity index (χ0v) is 20.6. The van der Waals surface area contributed by atoms with E-state index < -0.39 is 6.04 Å². The second-order valence-corrected chi connectivity index (χ2v) is 8.72. The monoisotopic (exact) mass is 481 g/mol. The lowest BCUT2D eigenvalue weighted by Crippen LogP contribution is -2.48. The number of carbonyl (C=O) groups excluding carboxylic acids is 2. The Balaban J connectivity index is 1.67. The first kappa shape index (κ1) is 26.0. The van der Waals surface area contributed by atoms with Crippen LogP contribution in [0.25, 0.3) is 0 Å². The molecule has 4 N–H and O–H groups in total. The van der Waals surface area contributed by atoms with Gasteiger partial charge >= 0.3 is 0 Å². The van der Waals surface area contributed by atoms with Crippen LogP contribution in [0.4, 0.5) is 0 Å². The molecule has 1 heterocycles. The Labute approximate surface area is 206 Å². The molecule has 2 aromatic rings. The molecule has 2 aromatic carbocycles. The third kappa shape index (κ3) is 7.99. The summed E-state index contributed by atoms with van der Waals surface area (Å²) in [4.78, 5) is 32.3. The molecule has 1 aliphatic heterocycles. The Hall–Kier alpha value is -3.59. The number of benzene rings is 2. The molecular weight excluding hydrogens is 446 g/mol. The van der Waals surface area contributed by atoms with Gasteiger partial charge in [0.25, 0.3) is 0 Å². The number of aliphatic imine (C=N–C) groups is 1. The predicted molar refractivity (Wildman–Crippen MR) is 136 cm³/mol. The summed E-state index contributed by atoms with van der Waals surface area (Å²) in [7, 11) is 5.16. The standard InChI is InChI=1S/C26H35N5O4/c1-31-13-11-20(12-14-31)28-25(33)21(15-18-7-5-4-6-8-18)29-26(27)30-24(32)17-19-9-10-22(34-2)23(16-19)35-3/h4-10,16,20-21H,11-15,17H2,1-3H3,(H,28,33)(H3,27,29,30,32)/t21-/m1/s1. The van der Waals surface area contributed by atoms with Crippen molar-refractivity contribution >= 4 is 17.8 Å². The molecule has 0 saturated carbocycles. The highest BCUT2D eigenvalue weighted by molar-refractivity contribution is 5.98. The fourth-order valence-corrected chi connectivity index (χ4v) is 4.05. The SMILES string of the molecule is COc1ccc(CC(=O)NC(N)=N[C@H](Cc2ccccc2)C(=O)NC2CCN(C)CC2)cc1OC. The topological polar surface area (TPSA) is 118 Å². The Bertz CT molecular complexity index is 1020. The van der Waals surface area contributed by atoms with Crippen molar-refractivity contribution in [3.8, 4) is 11.5 Å². The summed E-state index contributed by atoms with van der Waals surface area (Å²) >= 11 is 0. The van der Waals surface area contributed by atoms with Gasteiger partial charge in [-0.3, -0.25) is 14.9 Å². The lowest BCUT2D eigenvalue weighted by atomic mass is 10.0. The molecular formula is C26H35N5O4. The van der Waals surface area contributed by atoms with Crippen molar-refractivity contribution in [3.63, 3.8) is 0 Å². The van der Waals surface area contributed by atoms with Crippen LogP contribution in [0.2, 0.25) is 0 Å². The highest BCUT2D eigenvalue weighted by Gasteiger charge is 2.24. The molecule has 0 unspecified atom stereocenters. The minimum absolute atomic E-state index is 0.0711. The number of hydrogen-bond donors (Lipinski definition) is 3. The van der Waals surface area contributed by atoms with Gasteiger partial charge in [-0.15, -0.1) is 0 Å². The molecule has 3 rings (SSSR count). The number of nitrogens with zero attached hydrogens (tertiary/aromatic N) is 2. The van der Waals surface area contributed by atoms with Crippen molar-refractivity contribution in [2.24, 2.45) is 10.7 Å². The number of methoxy groups -OCH3 is 2. The maximum Gasteiger partial charge on any atom is 0.245 e. The van der Waals surface area contributed by atoms with Crippen LogP contribution in [0.3, 0.4) is 0 Å². The second kappa shape index (κ2) is 12.8. The van der Waals surface area contributed by atoms with E-state index >= 15 is 0 Å². The minimum Gasteiger partial charge on any atom is -0.493 e. The van der Waals surface area contributed by atoms with Gasteiger partial charge in [-0.05, 0) is 56.2 Å². The van der Waals surface area contributed by atoms with E-state index in [-0.39, 0.29) is 30.2 Å². The molecule has 1 atom stereocenters. The van der Waals surface area contributed by atoms with E-state index in [0.29, 0.717) is 17.9 Å². The summed E-state index contributed by atoms with van der Waals surface area (Å²) in [6.07, 6.45) is 2.23. The van der Waals surface area contributed by atoms with Gasteiger partial charge < -0.3 is 25.4 Å². The van der Waals surface area contributed by atoms with E-state index in [4.69, 9.17) is 15.2 Å². The van der Waals surface area contributed by atoms with Gasteiger partial charge in [-0.2, -0.15) is 0 Å². The van der Waals surface area contributed by atoms with Crippen molar-refractivity contribution in [3.05, 3.63) is 59.7 Å². The van der Waals surface area contributed by atoms with Gasteiger partial charge in [0.05, 0.1) is 20.6 Å². The van der Waals surface area contributed by atoms with Crippen molar-refractivity contribution in [2.45, 2.75) is 37.8 Å². The van der Waals surface area contributed by atoms with E-state index in [1.54, 1.807) is 25.3 Å². The highest BCUT2D eigenvalue weighted by atomic mass is 16.5. The van der Waals surface area contributed by atoms with E-state index in [2.05, 4.69) is 27.6 Å². The van der Waals surface area contributed by atoms with Gasteiger partial charge in [0.1, 0.15) is 6.04 Å². The third-order valence-electron chi connectivity index (χ3n) is 6.01. The van der Waals surface area contributed by atoms with Crippen LogP contribution in [0.1, 0.15) is 24.0 Å². The molecule has 1 saturated heterocycles. The number of hydrogen-bond acceptors (Lipinski definition) is 6. The average molecular weight is 482 g/mol. The van der Waals surface area contributed by atoms with E-state index in [9.17, 15) is 9.59 Å². The van der Waals surface area contributed by atoms with Gasteiger partial charge in [0, 0.05) is 12.5 Å². The number of piperidine rings is 1. The lowest BCUT2D eigenvalue weighted by Gasteiger charge is -2.30. The molecule has 2 amide bonds. The lowest BCUT2D eigenvalue weighted by molar-refractivity contribution is -0.123. The smallest absolute Gasteiger partial charge is 0.245 e. The Morgan fingerprint density at radius 2 is 1.74 bits per heavy atom. The van der Waals surface area contributed by atoms with Gasteiger partial charge in [0.2, 0.25) is 11.8 Å². The number of guanidine groups is 1. The normalized spacial score (nSPS) is 15.8. The third-order valence-corrected chi connectivity index (χ3v) is 6.01. The van der Waals surface area contributed by atoms with Crippen LogP contribution in [-0.4, -0.2) is 69.1 Å². The van der Waals surface area contributed by atoms with Crippen LogP contribution in [0, 0.1) is 0 Å². The number of nitrogens with two attached hydrogens (primary N) is 1. The molecule has 35 heavy (non-hydrogen) atoms. The predicted octanol–water partition coefficient (Wildman–Crippen LogP) is 1.50. The molecule has 0 aliphatic carbocycles. The number of amides is 2. The van der Waals surface area contributed by atoms with E-state index in [1.807, 2.05) is 30.3 Å². The molecule has 1 aliphatic rings. The number of nitrogens with one attached hydrogen (secondary N) is 2. The number of likely N-dealkylation sites (tertiary alicyclic amines) is 1. The van der Waals surface area contributed by atoms with Gasteiger partial charge in [-0.1, -0.05) is 36.4 Å². The van der Waals surface area contributed by atoms with Crippen LogP contribution in [0.5, 0.6) is 11.5 Å². The average Bonchev–Trinajstić information content (AvgIpc) is 2.85. The Morgan fingerprint density at radius 1 is 1.06 bits per heavy atom. The van der Waals surface area contributed by atoms with Crippen molar-refractivity contribution in [1.29, 1.82) is 0 Å². The van der Waals surface area contributed by atoms with Crippen molar-refractivity contribution in [2.75, 3.05) is 34.4 Å². The summed E-state index contributed by atoms with van der Waals surface area (Å²) in [5.74, 6) is 0.494. The van der Waals surface area contributed by atoms with E-state index in [0.717, 1.165) is 37.1 Å². The number of ether oxygens (including phenoxy) is 2. The van der Waals surface area contributed by atoms with Gasteiger partial charge in [0.15, 0.2) is 17.5 Å².